The Kier molecular flexibility index (Phi) is 3.15. The molecular formula is C10H13BrO. The number of rotatable bonds is 1. The highest BCUT2D eigenvalue weighted by Crippen LogP contribution is 2.26. The standard InChI is InChI=1S/C10H13BrO/c1-7-4-5-10(12-3)9(11)6-8(7)2/h5-6H,4H2,1-3H3. The normalized spacial score (nSPS) is 18.3. The summed E-state index contributed by atoms with van der Waals surface area (Å²) >= 11 is 3.47. The van der Waals surface area contributed by atoms with Crippen molar-refractivity contribution in [1.82, 2.24) is 0 Å². The summed E-state index contributed by atoms with van der Waals surface area (Å²) in [7, 11) is 1.69. The third-order valence-corrected chi connectivity index (χ3v) is 2.69. The van der Waals surface area contributed by atoms with Gasteiger partial charge >= 0.3 is 0 Å². The van der Waals surface area contributed by atoms with E-state index in [1.54, 1.807) is 7.11 Å². The molecule has 0 heterocycles. The van der Waals surface area contributed by atoms with E-state index in [1.807, 2.05) is 0 Å². The summed E-state index contributed by atoms with van der Waals surface area (Å²) in [5.41, 5.74) is 2.70. The van der Waals surface area contributed by atoms with E-state index in [0.717, 1.165) is 16.7 Å². The number of hydrogen-bond donors (Lipinski definition) is 0. The second kappa shape index (κ2) is 3.94. The molecule has 0 radical (unpaired) electrons. The molecule has 66 valence electrons. The highest BCUT2D eigenvalue weighted by Gasteiger charge is 2.06. The van der Waals surface area contributed by atoms with Crippen molar-refractivity contribution in [3.63, 3.8) is 0 Å². The summed E-state index contributed by atoms with van der Waals surface area (Å²) in [4.78, 5) is 0. The van der Waals surface area contributed by atoms with Gasteiger partial charge in [0.05, 0.1) is 11.6 Å². The minimum atomic E-state index is 0.922. The summed E-state index contributed by atoms with van der Waals surface area (Å²) in [6, 6.07) is 0. The first kappa shape index (κ1) is 9.59. The van der Waals surface area contributed by atoms with E-state index < -0.39 is 0 Å². The predicted octanol–water partition coefficient (Wildman–Crippen LogP) is 3.54. The van der Waals surface area contributed by atoms with E-state index in [4.69, 9.17) is 4.74 Å². The number of halogens is 1. The Balaban J connectivity index is 2.99. The molecule has 0 fully saturated rings. The molecule has 0 saturated carbocycles. The lowest BCUT2D eigenvalue weighted by molar-refractivity contribution is 0.304. The fourth-order valence-corrected chi connectivity index (χ4v) is 1.74. The van der Waals surface area contributed by atoms with Crippen molar-refractivity contribution >= 4 is 15.9 Å². The van der Waals surface area contributed by atoms with E-state index in [0.29, 0.717) is 0 Å². The zero-order valence-electron chi connectivity index (χ0n) is 7.65. The summed E-state index contributed by atoms with van der Waals surface area (Å²) in [6.07, 6.45) is 5.16. The average molecular weight is 229 g/mol. The van der Waals surface area contributed by atoms with Gasteiger partial charge in [0.1, 0.15) is 5.76 Å². The number of ether oxygens (including phenoxy) is 1. The lowest BCUT2D eigenvalue weighted by atomic mass is 10.1. The van der Waals surface area contributed by atoms with E-state index in [-0.39, 0.29) is 0 Å². The molecule has 1 rings (SSSR count). The fourth-order valence-electron chi connectivity index (χ4n) is 1.07. The molecular weight excluding hydrogens is 216 g/mol. The molecule has 1 aliphatic rings. The maximum atomic E-state index is 5.20. The van der Waals surface area contributed by atoms with Crippen LogP contribution in [0.2, 0.25) is 0 Å². The molecule has 0 saturated heterocycles. The first-order valence-electron chi connectivity index (χ1n) is 3.93. The Labute approximate surface area is 81.9 Å². The molecule has 0 aromatic carbocycles. The minimum absolute atomic E-state index is 0.922. The van der Waals surface area contributed by atoms with Crippen LogP contribution in [0.4, 0.5) is 0 Å². The highest BCUT2D eigenvalue weighted by molar-refractivity contribution is 9.11. The Bertz CT molecular complexity index is 272. The molecule has 0 N–H and O–H groups in total. The van der Waals surface area contributed by atoms with Crippen LogP contribution < -0.4 is 0 Å². The van der Waals surface area contributed by atoms with Crippen molar-refractivity contribution in [2.24, 2.45) is 0 Å². The summed E-state index contributed by atoms with van der Waals surface area (Å²) in [5.74, 6) is 0.922. The molecule has 0 aliphatic heterocycles. The molecule has 12 heavy (non-hydrogen) atoms. The van der Waals surface area contributed by atoms with Gasteiger partial charge in [0.15, 0.2) is 0 Å². The Morgan fingerprint density at radius 3 is 2.67 bits per heavy atom. The molecule has 0 aromatic heterocycles. The van der Waals surface area contributed by atoms with Crippen LogP contribution in [0, 0.1) is 0 Å². The fraction of sp³-hybridized carbons (Fsp3) is 0.400. The van der Waals surface area contributed by atoms with Gasteiger partial charge in [0.2, 0.25) is 0 Å². The van der Waals surface area contributed by atoms with Gasteiger partial charge in [-0.1, -0.05) is 11.1 Å². The summed E-state index contributed by atoms with van der Waals surface area (Å²) in [5, 5.41) is 0. The van der Waals surface area contributed by atoms with Crippen LogP contribution in [-0.4, -0.2) is 7.11 Å². The maximum absolute atomic E-state index is 5.20. The minimum Gasteiger partial charge on any atom is -0.496 e. The van der Waals surface area contributed by atoms with Gasteiger partial charge in [-0.3, -0.25) is 0 Å². The molecule has 0 spiro atoms. The third kappa shape index (κ3) is 2.01. The molecule has 2 heteroatoms. The Morgan fingerprint density at radius 1 is 1.42 bits per heavy atom. The van der Waals surface area contributed by atoms with Crippen LogP contribution in [0.5, 0.6) is 0 Å². The Morgan fingerprint density at radius 2 is 2.08 bits per heavy atom. The van der Waals surface area contributed by atoms with Crippen LogP contribution in [-0.2, 0) is 4.74 Å². The lowest BCUT2D eigenvalue weighted by Crippen LogP contribution is -1.84. The van der Waals surface area contributed by atoms with Crippen molar-refractivity contribution in [3.8, 4) is 0 Å². The van der Waals surface area contributed by atoms with E-state index in [2.05, 4.69) is 41.9 Å². The molecule has 1 nitrogen and oxygen atoms in total. The molecule has 0 amide bonds. The van der Waals surface area contributed by atoms with Gasteiger partial charge in [0, 0.05) is 0 Å². The second-order valence-electron chi connectivity index (χ2n) is 2.93. The molecule has 0 aromatic rings. The zero-order valence-corrected chi connectivity index (χ0v) is 9.23. The van der Waals surface area contributed by atoms with Gasteiger partial charge in [-0.15, -0.1) is 0 Å². The predicted molar refractivity (Wildman–Crippen MR) is 55.1 cm³/mol. The van der Waals surface area contributed by atoms with Gasteiger partial charge in [-0.2, -0.15) is 0 Å². The number of methoxy groups -OCH3 is 1. The molecule has 0 bridgehead atoms. The monoisotopic (exact) mass is 228 g/mol. The molecule has 1 aliphatic carbocycles. The van der Waals surface area contributed by atoms with Gasteiger partial charge in [0.25, 0.3) is 0 Å². The Hall–Kier alpha value is -0.500. The number of allylic oxidation sites excluding steroid dienone is 5. The zero-order chi connectivity index (χ0) is 9.14. The van der Waals surface area contributed by atoms with Crippen LogP contribution >= 0.6 is 15.9 Å². The summed E-state index contributed by atoms with van der Waals surface area (Å²) in [6.45, 7) is 4.25. The van der Waals surface area contributed by atoms with Crippen molar-refractivity contribution < 1.29 is 4.74 Å². The maximum Gasteiger partial charge on any atom is 0.129 e. The summed E-state index contributed by atoms with van der Waals surface area (Å²) < 4.78 is 6.23. The second-order valence-corrected chi connectivity index (χ2v) is 3.79. The van der Waals surface area contributed by atoms with Crippen molar-refractivity contribution in [2.75, 3.05) is 7.11 Å². The number of hydrogen-bond acceptors (Lipinski definition) is 1. The van der Waals surface area contributed by atoms with Crippen LogP contribution in [0.3, 0.4) is 0 Å². The first-order valence-corrected chi connectivity index (χ1v) is 4.72. The van der Waals surface area contributed by atoms with Crippen LogP contribution in [0.15, 0.2) is 33.5 Å². The smallest absolute Gasteiger partial charge is 0.129 e. The van der Waals surface area contributed by atoms with Crippen LogP contribution in [0.1, 0.15) is 20.3 Å². The van der Waals surface area contributed by atoms with Gasteiger partial charge in [-0.25, -0.2) is 0 Å². The highest BCUT2D eigenvalue weighted by atomic mass is 79.9. The third-order valence-electron chi connectivity index (χ3n) is 2.07. The first-order chi connectivity index (χ1) is 5.65. The van der Waals surface area contributed by atoms with Gasteiger partial charge < -0.3 is 4.74 Å². The lowest BCUT2D eigenvalue weighted by Gasteiger charge is -2.02. The van der Waals surface area contributed by atoms with Crippen molar-refractivity contribution in [3.05, 3.63) is 33.5 Å². The van der Waals surface area contributed by atoms with Crippen molar-refractivity contribution in [1.29, 1.82) is 0 Å². The SMILES string of the molecule is COC1=CCC(C)=C(C)C=C1Br. The largest absolute Gasteiger partial charge is 0.496 e. The van der Waals surface area contributed by atoms with Gasteiger partial charge in [-0.05, 0) is 48.4 Å². The van der Waals surface area contributed by atoms with E-state index >= 15 is 0 Å². The average Bonchev–Trinajstić information content (AvgIpc) is 2.14. The quantitative estimate of drug-likeness (QED) is 0.668. The molecule has 0 unspecified atom stereocenters. The van der Waals surface area contributed by atoms with E-state index in [9.17, 15) is 0 Å². The van der Waals surface area contributed by atoms with E-state index in [1.165, 1.54) is 11.1 Å². The van der Waals surface area contributed by atoms with Crippen molar-refractivity contribution in [2.45, 2.75) is 20.3 Å². The topological polar surface area (TPSA) is 9.23 Å². The van der Waals surface area contributed by atoms with Crippen LogP contribution in [0.25, 0.3) is 0 Å². The molecule has 0 atom stereocenters.